The molecule has 7 aromatic carbocycles. The molecule has 0 saturated carbocycles. The quantitative estimate of drug-likeness (QED) is 0.197. The molecule has 0 aliphatic heterocycles. The zero-order valence-corrected chi connectivity index (χ0v) is 25.6. The summed E-state index contributed by atoms with van der Waals surface area (Å²) in [7, 11) is 0. The SMILES string of the molecule is c1ccc(-c2nc(-c3ccccc3)nc(-c3c(-c4ccc5oc6ccccc6c5c4)ccc4oc5cc6ccccc6cc5c34)n2)cc1. The zero-order chi connectivity index (χ0) is 31.6. The van der Waals surface area contributed by atoms with Crippen LogP contribution < -0.4 is 0 Å². The minimum atomic E-state index is 0.580. The summed E-state index contributed by atoms with van der Waals surface area (Å²) in [5, 5.41) is 6.38. The molecular weight excluding hydrogens is 590 g/mol. The van der Waals surface area contributed by atoms with Gasteiger partial charge in [-0.05, 0) is 64.4 Å². The minimum Gasteiger partial charge on any atom is -0.456 e. The maximum atomic E-state index is 6.57. The highest BCUT2D eigenvalue weighted by atomic mass is 16.3. The van der Waals surface area contributed by atoms with E-state index in [1.54, 1.807) is 0 Å². The maximum Gasteiger partial charge on any atom is 0.165 e. The average molecular weight is 616 g/mol. The van der Waals surface area contributed by atoms with Crippen molar-refractivity contribution in [3.63, 3.8) is 0 Å². The number of rotatable bonds is 4. The number of furan rings is 2. The molecule has 0 aliphatic carbocycles. The highest BCUT2D eigenvalue weighted by Crippen LogP contribution is 2.44. The summed E-state index contributed by atoms with van der Waals surface area (Å²) in [5.41, 5.74) is 8.06. The summed E-state index contributed by atoms with van der Waals surface area (Å²) in [5.74, 6) is 1.80. The van der Waals surface area contributed by atoms with Gasteiger partial charge in [-0.1, -0.05) is 109 Å². The second-order valence-electron chi connectivity index (χ2n) is 12.0. The number of benzene rings is 7. The molecule has 0 bridgehead atoms. The molecule has 10 rings (SSSR count). The topological polar surface area (TPSA) is 65.0 Å². The van der Waals surface area contributed by atoms with Gasteiger partial charge < -0.3 is 8.83 Å². The van der Waals surface area contributed by atoms with Crippen molar-refractivity contribution in [3.05, 3.63) is 152 Å². The minimum absolute atomic E-state index is 0.580. The lowest BCUT2D eigenvalue weighted by Crippen LogP contribution is -2.01. The number of hydrogen-bond acceptors (Lipinski definition) is 5. The van der Waals surface area contributed by atoms with Crippen LogP contribution in [0.2, 0.25) is 0 Å². The number of fused-ring (bicyclic) bond motifs is 7. The third kappa shape index (κ3) is 4.22. The van der Waals surface area contributed by atoms with Crippen LogP contribution >= 0.6 is 0 Å². The Bertz CT molecular complexity index is 2780. The van der Waals surface area contributed by atoms with E-state index in [1.807, 2.05) is 78.9 Å². The van der Waals surface area contributed by atoms with Gasteiger partial charge in [0.1, 0.15) is 22.3 Å². The van der Waals surface area contributed by atoms with Gasteiger partial charge in [-0.15, -0.1) is 0 Å². The third-order valence-corrected chi connectivity index (χ3v) is 9.11. The molecule has 5 nitrogen and oxygen atoms in total. The fraction of sp³-hybridized carbons (Fsp3) is 0. The number of para-hydroxylation sites is 1. The summed E-state index contributed by atoms with van der Waals surface area (Å²) in [4.78, 5) is 15.4. The van der Waals surface area contributed by atoms with E-state index in [9.17, 15) is 0 Å². The van der Waals surface area contributed by atoms with Crippen LogP contribution in [0.4, 0.5) is 0 Å². The van der Waals surface area contributed by atoms with Crippen molar-refractivity contribution in [2.45, 2.75) is 0 Å². The van der Waals surface area contributed by atoms with Crippen LogP contribution in [0.3, 0.4) is 0 Å². The van der Waals surface area contributed by atoms with Gasteiger partial charge in [-0.3, -0.25) is 0 Å². The monoisotopic (exact) mass is 615 g/mol. The van der Waals surface area contributed by atoms with E-state index < -0.39 is 0 Å². The lowest BCUT2D eigenvalue weighted by atomic mass is 9.93. The second-order valence-corrected chi connectivity index (χ2v) is 12.0. The molecule has 0 amide bonds. The Morgan fingerprint density at radius 1 is 0.354 bits per heavy atom. The van der Waals surface area contributed by atoms with Gasteiger partial charge in [0.15, 0.2) is 17.5 Å². The molecule has 0 N–H and O–H groups in total. The summed E-state index contributed by atoms with van der Waals surface area (Å²) in [6, 6.07) is 51.6. The van der Waals surface area contributed by atoms with E-state index in [1.165, 1.54) is 0 Å². The molecule has 3 heterocycles. The first-order valence-corrected chi connectivity index (χ1v) is 15.9. The van der Waals surface area contributed by atoms with Crippen LogP contribution in [0.1, 0.15) is 0 Å². The van der Waals surface area contributed by atoms with Crippen LogP contribution in [0.5, 0.6) is 0 Å². The van der Waals surface area contributed by atoms with E-state index in [-0.39, 0.29) is 0 Å². The molecule has 5 heteroatoms. The molecule has 48 heavy (non-hydrogen) atoms. The van der Waals surface area contributed by atoms with Gasteiger partial charge in [0.25, 0.3) is 0 Å². The van der Waals surface area contributed by atoms with Crippen LogP contribution in [-0.2, 0) is 0 Å². The molecule has 0 radical (unpaired) electrons. The van der Waals surface area contributed by atoms with Crippen molar-refractivity contribution in [1.29, 1.82) is 0 Å². The molecule has 3 aromatic heterocycles. The highest BCUT2D eigenvalue weighted by molar-refractivity contribution is 6.18. The van der Waals surface area contributed by atoms with E-state index in [4.69, 9.17) is 23.8 Å². The molecule has 0 saturated heterocycles. The van der Waals surface area contributed by atoms with Gasteiger partial charge in [0.05, 0.1) is 0 Å². The summed E-state index contributed by atoms with van der Waals surface area (Å²) >= 11 is 0. The standard InChI is InChI=1S/C43H25N3O2/c1-3-11-26(12-4-1)41-44-42(27-13-5-2-6-14-27)46-43(45-41)40-31(30-19-21-36-33(24-30)32-17-9-10-18-35(32)47-36)20-22-37-39(40)34-23-28-15-7-8-16-29(28)25-38(34)48-37/h1-25H. The lowest BCUT2D eigenvalue weighted by molar-refractivity contribution is 0.668. The summed E-state index contributed by atoms with van der Waals surface area (Å²) in [6.45, 7) is 0. The molecule has 0 atom stereocenters. The second kappa shape index (κ2) is 10.5. The lowest BCUT2D eigenvalue weighted by Gasteiger charge is -2.13. The van der Waals surface area contributed by atoms with Gasteiger partial charge >= 0.3 is 0 Å². The smallest absolute Gasteiger partial charge is 0.165 e. The van der Waals surface area contributed by atoms with Crippen molar-refractivity contribution in [2.24, 2.45) is 0 Å². The van der Waals surface area contributed by atoms with Crippen molar-refractivity contribution in [2.75, 3.05) is 0 Å². The molecule has 224 valence electrons. The number of aromatic nitrogens is 3. The summed E-state index contributed by atoms with van der Waals surface area (Å²) < 4.78 is 12.8. The Hall–Kier alpha value is -6.59. The fourth-order valence-corrected chi connectivity index (χ4v) is 6.84. The van der Waals surface area contributed by atoms with Crippen LogP contribution in [-0.4, -0.2) is 15.0 Å². The Kier molecular flexibility index (Phi) is 5.81. The molecule has 0 fully saturated rings. The predicted molar refractivity (Wildman–Crippen MR) is 194 cm³/mol. The van der Waals surface area contributed by atoms with Crippen LogP contribution in [0, 0.1) is 0 Å². The molecule has 0 unspecified atom stereocenters. The van der Waals surface area contributed by atoms with Gasteiger partial charge in [-0.2, -0.15) is 0 Å². The number of hydrogen-bond donors (Lipinski definition) is 0. The predicted octanol–water partition coefficient (Wildman–Crippen LogP) is 11.5. The molecule has 0 spiro atoms. The van der Waals surface area contributed by atoms with Crippen LogP contribution in [0.15, 0.2) is 160 Å². The first kappa shape index (κ1) is 26.6. The molecule has 0 aliphatic rings. The van der Waals surface area contributed by atoms with Gasteiger partial charge in [0.2, 0.25) is 0 Å². The van der Waals surface area contributed by atoms with Gasteiger partial charge in [0, 0.05) is 38.2 Å². The molecule has 10 aromatic rings. The van der Waals surface area contributed by atoms with Crippen molar-refractivity contribution in [1.82, 2.24) is 15.0 Å². The van der Waals surface area contributed by atoms with Crippen LogP contribution in [0.25, 0.3) is 99.9 Å². The normalized spacial score (nSPS) is 11.8. The van der Waals surface area contributed by atoms with E-state index in [0.717, 1.165) is 82.5 Å². The molecular formula is C43H25N3O2. The Morgan fingerprint density at radius 2 is 0.938 bits per heavy atom. The average Bonchev–Trinajstić information content (AvgIpc) is 3.71. The van der Waals surface area contributed by atoms with E-state index in [2.05, 4.69) is 72.8 Å². The van der Waals surface area contributed by atoms with E-state index in [0.29, 0.717) is 17.5 Å². The van der Waals surface area contributed by atoms with E-state index >= 15 is 0 Å². The highest BCUT2D eigenvalue weighted by Gasteiger charge is 2.23. The number of nitrogens with zero attached hydrogens (tertiary/aromatic N) is 3. The van der Waals surface area contributed by atoms with Crippen molar-refractivity contribution < 1.29 is 8.83 Å². The Morgan fingerprint density at radius 3 is 1.69 bits per heavy atom. The Labute approximate surface area is 274 Å². The van der Waals surface area contributed by atoms with Crippen molar-refractivity contribution >= 4 is 54.6 Å². The largest absolute Gasteiger partial charge is 0.456 e. The third-order valence-electron chi connectivity index (χ3n) is 9.11. The summed E-state index contributed by atoms with van der Waals surface area (Å²) in [6.07, 6.45) is 0. The maximum absolute atomic E-state index is 6.57. The zero-order valence-electron chi connectivity index (χ0n) is 25.6. The fourth-order valence-electron chi connectivity index (χ4n) is 6.84. The first-order chi connectivity index (χ1) is 23.8. The van der Waals surface area contributed by atoms with Crippen molar-refractivity contribution in [3.8, 4) is 45.3 Å². The first-order valence-electron chi connectivity index (χ1n) is 15.9. The van der Waals surface area contributed by atoms with Gasteiger partial charge in [-0.25, -0.2) is 15.0 Å². The Balaban J connectivity index is 1.33.